The number of rotatable bonds is 7. The van der Waals surface area contributed by atoms with Gasteiger partial charge in [0.05, 0.1) is 26.7 Å². The van der Waals surface area contributed by atoms with Crippen LogP contribution in [0.3, 0.4) is 0 Å². The van der Waals surface area contributed by atoms with Gasteiger partial charge in [-0.1, -0.05) is 0 Å². The zero-order valence-electron chi connectivity index (χ0n) is 17.9. The first kappa shape index (κ1) is 24.8. The summed E-state index contributed by atoms with van der Waals surface area (Å²) in [6.07, 6.45) is 0. The maximum Gasteiger partial charge on any atom is 0.294 e. The number of anilines is 4. The van der Waals surface area contributed by atoms with Crippen molar-refractivity contribution in [1.82, 2.24) is 0 Å². The van der Waals surface area contributed by atoms with Crippen molar-refractivity contribution in [1.29, 1.82) is 5.26 Å². The largest absolute Gasteiger partial charge is 0.354 e. The highest BCUT2D eigenvalue weighted by atomic mass is 32.2. The molecule has 0 aliphatic heterocycles. The summed E-state index contributed by atoms with van der Waals surface area (Å²) in [6.45, 7) is 1.68. The molecule has 0 amide bonds. The van der Waals surface area contributed by atoms with Crippen molar-refractivity contribution in [3.63, 3.8) is 0 Å². The van der Waals surface area contributed by atoms with E-state index in [4.69, 9.17) is 9.11 Å². The number of benzene rings is 3. The van der Waals surface area contributed by atoms with Crippen LogP contribution in [-0.4, -0.2) is 33.0 Å². The molecule has 0 aromatic heterocycles. The molecule has 0 spiro atoms. The van der Waals surface area contributed by atoms with Crippen molar-refractivity contribution in [2.75, 3.05) is 17.7 Å². The summed E-state index contributed by atoms with van der Waals surface area (Å²) in [5.41, 5.74) is 2.91. The lowest BCUT2D eigenvalue weighted by Crippen LogP contribution is -2.02. The molecule has 0 unspecified atom stereocenters. The molecule has 0 radical (unpaired) electrons. The van der Waals surface area contributed by atoms with Crippen molar-refractivity contribution in [3.8, 4) is 6.07 Å². The van der Waals surface area contributed by atoms with Gasteiger partial charge in [-0.05, 0) is 67.1 Å². The Morgan fingerprint density at radius 1 is 0.824 bits per heavy atom. The van der Waals surface area contributed by atoms with Crippen LogP contribution in [0.25, 0.3) is 0 Å². The first-order valence-electron chi connectivity index (χ1n) is 9.50. The average molecular weight is 502 g/mol. The van der Waals surface area contributed by atoms with E-state index in [0.717, 1.165) is 0 Å². The number of nitriles is 1. The lowest BCUT2D eigenvalue weighted by molar-refractivity contribution is 0.481. The van der Waals surface area contributed by atoms with E-state index in [9.17, 15) is 22.1 Å². The fourth-order valence-corrected chi connectivity index (χ4v) is 4.07. The Hall–Kier alpha value is -3.83. The Morgan fingerprint density at radius 2 is 1.26 bits per heavy atom. The van der Waals surface area contributed by atoms with Gasteiger partial charge in [-0.15, -0.1) is 0 Å². The monoisotopic (exact) mass is 501 g/mol. The third-order valence-electron chi connectivity index (χ3n) is 4.72. The lowest BCUT2D eigenvalue weighted by atomic mass is 10.0. The number of azo groups is 1. The van der Waals surface area contributed by atoms with Crippen molar-refractivity contribution >= 4 is 48.7 Å². The fourth-order valence-electron chi connectivity index (χ4n) is 3.11. The first-order chi connectivity index (χ1) is 15.9. The molecule has 3 aromatic rings. The van der Waals surface area contributed by atoms with Gasteiger partial charge in [0.15, 0.2) is 0 Å². The molecule has 4 N–H and O–H groups in total. The summed E-state index contributed by atoms with van der Waals surface area (Å²) in [5, 5.41) is 23.8. The molecular formula is C21H19N5O6S2. The van der Waals surface area contributed by atoms with Gasteiger partial charge >= 0.3 is 0 Å². The van der Waals surface area contributed by atoms with E-state index in [1.165, 1.54) is 55.6 Å². The van der Waals surface area contributed by atoms with Crippen LogP contribution in [0.4, 0.5) is 28.4 Å². The summed E-state index contributed by atoms with van der Waals surface area (Å²) >= 11 is 0. The van der Waals surface area contributed by atoms with E-state index >= 15 is 0 Å². The Kier molecular flexibility index (Phi) is 6.99. The maximum atomic E-state index is 11.3. The minimum Gasteiger partial charge on any atom is -0.354 e. The summed E-state index contributed by atoms with van der Waals surface area (Å²) < 4.78 is 63.4. The van der Waals surface area contributed by atoms with E-state index in [0.29, 0.717) is 34.0 Å². The fraction of sp³-hybridized carbons (Fsp3) is 0.0952. The molecular weight excluding hydrogens is 482 g/mol. The molecule has 0 saturated heterocycles. The van der Waals surface area contributed by atoms with Gasteiger partial charge in [0.1, 0.15) is 11.8 Å². The van der Waals surface area contributed by atoms with Crippen LogP contribution in [-0.2, 0) is 20.2 Å². The van der Waals surface area contributed by atoms with Crippen LogP contribution in [0.2, 0.25) is 0 Å². The second-order valence-corrected chi connectivity index (χ2v) is 9.82. The second kappa shape index (κ2) is 9.57. The highest BCUT2D eigenvalue weighted by molar-refractivity contribution is 7.86. The van der Waals surface area contributed by atoms with Crippen molar-refractivity contribution in [2.24, 2.45) is 10.2 Å². The Labute approximate surface area is 196 Å². The van der Waals surface area contributed by atoms with E-state index in [-0.39, 0.29) is 15.4 Å². The second-order valence-electron chi connectivity index (χ2n) is 6.98. The molecule has 0 aliphatic rings. The highest BCUT2D eigenvalue weighted by Crippen LogP contribution is 2.39. The summed E-state index contributed by atoms with van der Waals surface area (Å²) in [7, 11) is -7.21. The van der Waals surface area contributed by atoms with Crippen molar-refractivity contribution < 1.29 is 25.9 Å². The van der Waals surface area contributed by atoms with Crippen LogP contribution in [0, 0.1) is 18.3 Å². The van der Waals surface area contributed by atoms with E-state index in [1.807, 2.05) is 0 Å². The van der Waals surface area contributed by atoms with Crippen LogP contribution in [0.15, 0.2) is 74.6 Å². The van der Waals surface area contributed by atoms with Gasteiger partial charge < -0.3 is 10.6 Å². The first-order valence-corrected chi connectivity index (χ1v) is 12.4. The summed E-state index contributed by atoms with van der Waals surface area (Å²) in [6, 6.07) is 14.4. The molecule has 0 atom stereocenters. The predicted molar refractivity (Wildman–Crippen MR) is 125 cm³/mol. The Balaban J connectivity index is 2.05. The quantitative estimate of drug-likeness (QED) is 0.266. The molecule has 13 heteroatoms. The average Bonchev–Trinajstić information content (AvgIpc) is 2.76. The molecule has 3 aromatic carbocycles. The molecule has 0 aliphatic carbocycles. The van der Waals surface area contributed by atoms with E-state index in [1.54, 1.807) is 13.0 Å². The van der Waals surface area contributed by atoms with Gasteiger partial charge in [0, 0.05) is 18.4 Å². The van der Waals surface area contributed by atoms with E-state index in [2.05, 4.69) is 26.9 Å². The molecule has 0 bridgehead atoms. The summed E-state index contributed by atoms with van der Waals surface area (Å²) in [4.78, 5) is -0.539. The van der Waals surface area contributed by atoms with Gasteiger partial charge in [-0.3, -0.25) is 9.11 Å². The molecule has 0 heterocycles. The van der Waals surface area contributed by atoms with Gasteiger partial charge in [0.2, 0.25) is 0 Å². The molecule has 0 fully saturated rings. The number of nitrogens with zero attached hydrogens (tertiary/aromatic N) is 3. The van der Waals surface area contributed by atoms with Crippen LogP contribution in [0.1, 0.15) is 11.1 Å². The zero-order chi connectivity index (χ0) is 25.1. The van der Waals surface area contributed by atoms with E-state index < -0.39 is 20.2 Å². The lowest BCUT2D eigenvalue weighted by Gasteiger charge is -2.17. The normalized spacial score (nSPS) is 11.9. The topological polar surface area (TPSA) is 181 Å². The minimum absolute atomic E-state index is 0.266. The van der Waals surface area contributed by atoms with Crippen LogP contribution >= 0.6 is 0 Å². The van der Waals surface area contributed by atoms with Crippen LogP contribution < -0.4 is 10.6 Å². The standard InChI is InChI=1S/C21H19N5O6S2/c1-13-18(12-22)19(24-14-3-7-16(8-4-14)33(27,28)29)11-20(21(13)26-23-2)25-15-5-9-17(10-6-15)34(30,31)32/h3-11,24-25H,1-2H3,(H,27,28,29)(H,30,31,32)/b26-23-. The SMILES string of the molecule is C/N=N\c1c(Nc2ccc(S(=O)(=O)O)cc2)cc(Nc2ccc(S(=O)(=O)O)cc2)c(C#N)c1C. The Bertz CT molecular complexity index is 1510. The third-order valence-corrected chi connectivity index (χ3v) is 6.45. The van der Waals surface area contributed by atoms with Crippen LogP contribution in [0.5, 0.6) is 0 Å². The molecule has 176 valence electrons. The molecule has 0 saturated carbocycles. The minimum atomic E-state index is -4.34. The molecule has 34 heavy (non-hydrogen) atoms. The van der Waals surface area contributed by atoms with Crippen molar-refractivity contribution in [3.05, 3.63) is 65.7 Å². The van der Waals surface area contributed by atoms with Gasteiger partial charge in [0.25, 0.3) is 20.2 Å². The maximum absolute atomic E-state index is 11.3. The predicted octanol–water partition coefficient (Wildman–Crippen LogP) is 4.56. The molecule has 3 rings (SSSR count). The summed E-state index contributed by atoms with van der Waals surface area (Å²) in [5.74, 6) is 0. The van der Waals surface area contributed by atoms with Crippen molar-refractivity contribution in [2.45, 2.75) is 16.7 Å². The third kappa shape index (κ3) is 5.56. The smallest absolute Gasteiger partial charge is 0.294 e. The number of nitrogens with one attached hydrogen (secondary N) is 2. The number of hydrogen-bond donors (Lipinski definition) is 4. The zero-order valence-corrected chi connectivity index (χ0v) is 19.5. The highest BCUT2D eigenvalue weighted by Gasteiger charge is 2.17. The Morgan fingerprint density at radius 3 is 1.65 bits per heavy atom. The number of hydrogen-bond acceptors (Lipinski definition) is 9. The van der Waals surface area contributed by atoms with Gasteiger partial charge in [-0.2, -0.15) is 32.3 Å². The molecule has 11 nitrogen and oxygen atoms in total. The van der Waals surface area contributed by atoms with Gasteiger partial charge in [-0.25, -0.2) is 0 Å².